The van der Waals surface area contributed by atoms with Crippen LogP contribution in [0.2, 0.25) is 0 Å². The van der Waals surface area contributed by atoms with Crippen LogP contribution in [0.4, 0.5) is 0 Å². The molecule has 6 nitrogen and oxygen atoms in total. The topological polar surface area (TPSA) is 83.7 Å². The molecule has 0 saturated heterocycles. The van der Waals surface area contributed by atoms with Crippen LogP contribution in [0.5, 0.6) is 0 Å². The Morgan fingerprint density at radius 3 is 1.29 bits per heavy atom. The second-order valence-corrected chi connectivity index (χ2v) is 18.2. The molecule has 0 N–H and O–H groups in total. The zero-order chi connectivity index (χ0) is 46.2. The second kappa shape index (κ2) is 14.3. The number of furan rings is 2. The maximum absolute atomic E-state index is 11.1. The maximum atomic E-state index is 11.1. The van der Waals surface area contributed by atoms with E-state index in [0.717, 1.165) is 137 Å². The second-order valence-electron chi connectivity index (χ2n) is 18.2. The Labute approximate surface area is 398 Å². The van der Waals surface area contributed by atoms with E-state index in [1.807, 2.05) is 42.5 Å². The number of rotatable bonds is 4. The molecule has 4 heterocycles. The smallest absolute Gasteiger partial charge is 0.135 e. The summed E-state index contributed by atoms with van der Waals surface area (Å²) in [6.07, 6.45) is 0. The van der Waals surface area contributed by atoms with Gasteiger partial charge in [0.25, 0.3) is 0 Å². The average Bonchev–Trinajstić information content (AvgIpc) is 4.17. The van der Waals surface area contributed by atoms with Crippen molar-refractivity contribution in [1.82, 2.24) is 9.13 Å². The van der Waals surface area contributed by atoms with Crippen LogP contribution >= 0.6 is 0 Å². The van der Waals surface area contributed by atoms with Gasteiger partial charge in [-0.05, 0) is 129 Å². The van der Waals surface area contributed by atoms with E-state index in [1.165, 1.54) is 0 Å². The first-order chi connectivity index (χ1) is 34.6. The van der Waals surface area contributed by atoms with Crippen LogP contribution in [0.15, 0.2) is 215 Å². The highest BCUT2D eigenvalue weighted by Crippen LogP contribution is 2.44. The van der Waals surface area contributed by atoms with Gasteiger partial charge in [0.1, 0.15) is 34.5 Å². The Morgan fingerprint density at radius 2 is 0.757 bits per heavy atom. The first-order valence-electron chi connectivity index (χ1n) is 23.3. The largest absolute Gasteiger partial charge is 0.456 e. The molecule has 15 aromatic rings. The molecule has 15 rings (SSSR count). The minimum atomic E-state index is 0.302. The van der Waals surface area contributed by atoms with Crippen molar-refractivity contribution in [3.05, 3.63) is 217 Å². The highest BCUT2D eigenvalue weighted by atomic mass is 16.3. The van der Waals surface area contributed by atoms with E-state index >= 15 is 0 Å². The summed E-state index contributed by atoms with van der Waals surface area (Å²) >= 11 is 0. The predicted octanol–water partition coefficient (Wildman–Crippen LogP) is 17.1. The number of nitriles is 2. The molecule has 322 valence electrons. The van der Waals surface area contributed by atoms with Crippen molar-refractivity contribution in [2.45, 2.75) is 0 Å². The summed E-state index contributed by atoms with van der Waals surface area (Å²) in [5.41, 5.74) is 13.7. The summed E-state index contributed by atoms with van der Waals surface area (Å²) < 4.78 is 16.9. The SMILES string of the molecule is N#Cc1cc(-n2c3ccc(-c4ccc5oc6ccccc6c5c4)cc3c3c4ccccc4ccc32)cc(-n2c3ccc(-c4ccc5oc6ccccc6c5c4)cc3c3c4ccccc4ccc32)c1C#N. The van der Waals surface area contributed by atoms with Gasteiger partial charge in [-0.15, -0.1) is 0 Å². The first kappa shape index (κ1) is 38.2. The molecule has 0 unspecified atom stereocenters. The fourth-order valence-corrected chi connectivity index (χ4v) is 11.4. The third-order valence-corrected chi connectivity index (χ3v) is 14.6. The van der Waals surface area contributed by atoms with Crippen LogP contribution in [0, 0.1) is 22.7 Å². The normalized spacial score (nSPS) is 12.0. The van der Waals surface area contributed by atoms with E-state index < -0.39 is 0 Å². The Kier molecular flexibility index (Phi) is 7.82. The number of nitrogens with zero attached hydrogens (tertiary/aromatic N) is 4. The van der Waals surface area contributed by atoms with Gasteiger partial charge in [-0.25, -0.2) is 0 Å². The lowest BCUT2D eigenvalue weighted by Gasteiger charge is -2.16. The Bertz CT molecular complexity index is 4870. The summed E-state index contributed by atoms with van der Waals surface area (Å²) in [6.45, 7) is 0. The number of hydrogen-bond acceptors (Lipinski definition) is 4. The quantitative estimate of drug-likeness (QED) is 0.176. The van der Waals surface area contributed by atoms with Gasteiger partial charge in [0, 0.05) is 48.8 Å². The number of para-hydroxylation sites is 2. The fourth-order valence-electron chi connectivity index (χ4n) is 11.4. The van der Waals surface area contributed by atoms with Gasteiger partial charge in [-0.1, -0.05) is 121 Å². The number of aromatic nitrogens is 2. The molecule has 0 bridgehead atoms. The standard InChI is InChI=1S/C64H34N4O2/c65-35-43-29-44(67-54-23-19-39(32-51(54)63-45-11-3-1-9-37(45)17-25-56(63)67)41-21-27-61-49(30-41)47-13-5-7-15-59(47)69-61)34-58(53(43)36-66)68-55-24-20-40(33-52(55)64-46-12-4-2-10-38(46)18-26-57(64)68)42-22-28-62-50(31-42)48-14-6-8-16-60(48)70-62/h1-34H. The molecule has 0 fully saturated rings. The van der Waals surface area contributed by atoms with Crippen LogP contribution in [0.25, 0.3) is 143 Å². The molecular formula is C64H34N4O2. The van der Waals surface area contributed by atoms with Crippen LogP contribution in [-0.4, -0.2) is 9.13 Å². The molecule has 0 atom stereocenters. The zero-order valence-electron chi connectivity index (χ0n) is 37.2. The molecular weight excluding hydrogens is 857 g/mol. The van der Waals surface area contributed by atoms with Gasteiger partial charge < -0.3 is 18.0 Å². The molecule has 0 amide bonds. The molecule has 0 radical (unpaired) electrons. The maximum Gasteiger partial charge on any atom is 0.135 e. The Balaban J connectivity index is 0.983. The van der Waals surface area contributed by atoms with Crippen molar-refractivity contribution in [3.63, 3.8) is 0 Å². The van der Waals surface area contributed by atoms with Crippen molar-refractivity contribution in [2.24, 2.45) is 0 Å². The molecule has 6 heteroatoms. The lowest BCUT2D eigenvalue weighted by atomic mass is 9.99. The number of benzene rings is 11. The summed E-state index contributed by atoms with van der Waals surface area (Å²) in [5.74, 6) is 0. The van der Waals surface area contributed by atoms with Gasteiger partial charge in [0.2, 0.25) is 0 Å². The Morgan fingerprint density at radius 1 is 0.329 bits per heavy atom. The van der Waals surface area contributed by atoms with Gasteiger partial charge in [0.15, 0.2) is 0 Å². The van der Waals surface area contributed by atoms with Crippen LogP contribution in [0.1, 0.15) is 11.1 Å². The molecule has 0 aliphatic heterocycles. The highest BCUT2D eigenvalue weighted by Gasteiger charge is 2.24. The van der Waals surface area contributed by atoms with Crippen molar-refractivity contribution in [2.75, 3.05) is 0 Å². The van der Waals surface area contributed by atoms with E-state index in [4.69, 9.17) is 8.83 Å². The lowest BCUT2D eigenvalue weighted by molar-refractivity contribution is 0.668. The number of fused-ring (bicyclic) bond motifs is 16. The van der Waals surface area contributed by atoms with Gasteiger partial charge >= 0.3 is 0 Å². The van der Waals surface area contributed by atoms with Gasteiger partial charge in [-0.3, -0.25) is 0 Å². The van der Waals surface area contributed by atoms with E-state index in [2.05, 4.69) is 185 Å². The van der Waals surface area contributed by atoms with E-state index in [1.54, 1.807) is 0 Å². The van der Waals surface area contributed by atoms with Gasteiger partial charge in [-0.2, -0.15) is 10.5 Å². The molecule has 0 aliphatic rings. The van der Waals surface area contributed by atoms with E-state index in [9.17, 15) is 10.5 Å². The van der Waals surface area contributed by atoms with Crippen LogP contribution in [0.3, 0.4) is 0 Å². The summed E-state index contributed by atoms with van der Waals surface area (Å²) in [5, 5.41) is 35.2. The minimum Gasteiger partial charge on any atom is -0.456 e. The van der Waals surface area contributed by atoms with Crippen LogP contribution in [-0.2, 0) is 0 Å². The molecule has 4 aromatic heterocycles. The molecule has 11 aromatic carbocycles. The van der Waals surface area contributed by atoms with E-state index in [0.29, 0.717) is 16.8 Å². The van der Waals surface area contributed by atoms with Crippen molar-refractivity contribution in [3.8, 4) is 45.8 Å². The minimum absolute atomic E-state index is 0.302. The molecule has 0 aliphatic carbocycles. The Hall–Kier alpha value is -9.88. The summed E-state index contributed by atoms with van der Waals surface area (Å²) in [6, 6.07) is 76.9. The summed E-state index contributed by atoms with van der Waals surface area (Å²) in [4.78, 5) is 0. The first-order valence-corrected chi connectivity index (χ1v) is 23.3. The lowest BCUT2D eigenvalue weighted by Crippen LogP contribution is -2.04. The summed E-state index contributed by atoms with van der Waals surface area (Å²) in [7, 11) is 0. The zero-order valence-corrected chi connectivity index (χ0v) is 37.2. The third-order valence-electron chi connectivity index (χ3n) is 14.6. The van der Waals surface area contributed by atoms with Crippen molar-refractivity contribution >= 4 is 109 Å². The third kappa shape index (κ3) is 5.36. The van der Waals surface area contributed by atoms with Crippen molar-refractivity contribution < 1.29 is 8.83 Å². The fraction of sp³-hybridized carbons (Fsp3) is 0. The molecule has 0 saturated carbocycles. The average molecular weight is 891 g/mol. The van der Waals surface area contributed by atoms with Gasteiger partial charge in [0.05, 0.1) is 38.9 Å². The molecule has 0 spiro atoms. The predicted molar refractivity (Wildman–Crippen MR) is 285 cm³/mol. The number of hydrogen-bond donors (Lipinski definition) is 0. The van der Waals surface area contributed by atoms with Crippen LogP contribution < -0.4 is 0 Å². The van der Waals surface area contributed by atoms with E-state index in [-0.39, 0.29) is 0 Å². The van der Waals surface area contributed by atoms with Crippen molar-refractivity contribution in [1.29, 1.82) is 10.5 Å². The highest BCUT2D eigenvalue weighted by molar-refractivity contribution is 6.24. The molecule has 70 heavy (non-hydrogen) atoms. The monoisotopic (exact) mass is 890 g/mol.